The van der Waals surface area contributed by atoms with Crippen LogP contribution >= 0.6 is 12.4 Å². The Morgan fingerprint density at radius 1 is 1.39 bits per heavy atom. The lowest BCUT2D eigenvalue weighted by Crippen LogP contribution is -2.07. The van der Waals surface area contributed by atoms with Crippen LogP contribution in [0.2, 0.25) is 0 Å². The lowest BCUT2D eigenvalue weighted by Gasteiger charge is -2.08. The Bertz CT molecular complexity index is 571. The summed E-state index contributed by atoms with van der Waals surface area (Å²) in [6, 6.07) is 7.30. The highest BCUT2D eigenvalue weighted by Crippen LogP contribution is 2.23. The van der Waals surface area contributed by atoms with Crippen molar-refractivity contribution in [3.8, 4) is 5.75 Å². The quantitative estimate of drug-likeness (QED) is 0.929. The Hall–Kier alpha value is -1.81. The van der Waals surface area contributed by atoms with Crippen molar-refractivity contribution in [3.05, 3.63) is 36.0 Å². The maximum absolute atomic E-state index is 10.9. The summed E-state index contributed by atoms with van der Waals surface area (Å²) in [6.45, 7) is 1.66. The van der Waals surface area contributed by atoms with Crippen LogP contribution in [0, 0.1) is 0 Å². The lowest BCUT2D eigenvalue weighted by atomic mass is 9.99. The molecule has 18 heavy (non-hydrogen) atoms. The monoisotopic (exact) mass is 267 g/mol. The molecule has 0 aliphatic carbocycles. The minimum Gasteiger partial charge on any atom is -0.495 e. The second-order valence-electron chi connectivity index (χ2n) is 3.89. The number of hydrogen-bond acceptors (Lipinski definition) is 3. The molecule has 0 aliphatic heterocycles. The molecule has 5 heteroatoms. The van der Waals surface area contributed by atoms with Crippen molar-refractivity contribution in [1.29, 1.82) is 0 Å². The van der Waals surface area contributed by atoms with Crippen molar-refractivity contribution in [2.24, 2.45) is 0 Å². The molecule has 2 aromatic rings. The molecular weight excluding hydrogens is 254 g/mol. The predicted octanol–water partition coefficient (Wildman–Crippen LogP) is 2.85. The number of carboxylic acids is 1. The fraction of sp³-hybridized carbons (Fsp3) is 0.231. The van der Waals surface area contributed by atoms with Crippen LogP contribution in [-0.2, 0) is 4.79 Å². The average Bonchev–Trinajstić information content (AvgIpc) is 2.36. The van der Waals surface area contributed by atoms with E-state index in [9.17, 15) is 4.79 Å². The van der Waals surface area contributed by atoms with Crippen molar-refractivity contribution in [2.45, 2.75) is 12.8 Å². The first-order chi connectivity index (χ1) is 8.11. The highest BCUT2D eigenvalue weighted by atomic mass is 35.5. The van der Waals surface area contributed by atoms with Gasteiger partial charge in [0.2, 0.25) is 0 Å². The third kappa shape index (κ3) is 2.71. The van der Waals surface area contributed by atoms with Crippen molar-refractivity contribution >= 4 is 29.3 Å². The number of fused-ring (bicyclic) bond motifs is 1. The van der Waals surface area contributed by atoms with Crippen LogP contribution in [-0.4, -0.2) is 23.2 Å². The van der Waals surface area contributed by atoms with Crippen LogP contribution in [0.1, 0.15) is 18.4 Å². The van der Waals surface area contributed by atoms with Crippen molar-refractivity contribution in [2.75, 3.05) is 7.11 Å². The van der Waals surface area contributed by atoms with Crippen LogP contribution < -0.4 is 4.74 Å². The van der Waals surface area contributed by atoms with Crippen molar-refractivity contribution < 1.29 is 14.6 Å². The maximum atomic E-state index is 10.9. The molecule has 1 atom stereocenters. The molecule has 0 amide bonds. The number of benzene rings is 1. The number of hydrogen-bond donors (Lipinski definition) is 1. The summed E-state index contributed by atoms with van der Waals surface area (Å²) in [7, 11) is 1.58. The van der Waals surface area contributed by atoms with Gasteiger partial charge >= 0.3 is 5.97 Å². The zero-order chi connectivity index (χ0) is 12.4. The van der Waals surface area contributed by atoms with Gasteiger partial charge in [-0.2, -0.15) is 0 Å². The predicted molar refractivity (Wildman–Crippen MR) is 71.6 cm³/mol. The average molecular weight is 268 g/mol. The van der Waals surface area contributed by atoms with Crippen LogP contribution in [0.3, 0.4) is 0 Å². The number of aliphatic carboxylic acids is 1. The van der Waals surface area contributed by atoms with E-state index in [1.165, 1.54) is 0 Å². The largest absolute Gasteiger partial charge is 0.495 e. The van der Waals surface area contributed by atoms with Gasteiger partial charge in [-0.1, -0.05) is 6.07 Å². The molecule has 0 spiro atoms. The van der Waals surface area contributed by atoms with Gasteiger partial charge in [-0.05, 0) is 30.7 Å². The van der Waals surface area contributed by atoms with Gasteiger partial charge in [0.1, 0.15) is 5.75 Å². The van der Waals surface area contributed by atoms with Crippen molar-refractivity contribution in [1.82, 2.24) is 4.98 Å². The molecule has 4 nitrogen and oxygen atoms in total. The van der Waals surface area contributed by atoms with Gasteiger partial charge < -0.3 is 9.84 Å². The van der Waals surface area contributed by atoms with E-state index in [2.05, 4.69) is 4.98 Å². The molecule has 0 fully saturated rings. The van der Waals surface area contributed by atoms with E-state index < -0.39 is 11.9 Å². The summed E-state index contributed by atoms with van der Waals surface area (Å²) < 4.78 is 5.09. The normalized spacial score (nSPS) is 11.7. The first-order valence-corrected chi connectivity index (χ1v) is 5.28. The summed E-state index contributed by atoms with van der Waals surface area (Å²) in [5, 5.41) is 9.85. The number of carboxylic acid groups (broad SMARTS) is 1. The number of rotatable bonds is 3. The van der Waals surface area contributed by atoms with Gasteiger partial charge in [-0.3, -0.25) is 9.78 Å². The zero-order valence-corrected chi connectivity index (χ0v) is 10.9. The molecule has 96 valence electrons. The van der Waals surface area contributed by atoms with Crippen LogP contribution in [0.15, 0.2) is 30.5 Å². The molecule has 1 aromatic carbocycles. The van der Waals surface area contributed by atoms with E-state index in [0.717, 1.165) is 16.5 Å². The minimum atomic E-state index is -0.833. The fourth-order valence-electron chi connectivity index (χ4n) is 1.65. The number of methoxy groups -OCH3 is 1. The second-order valence-corrected chi connectivity index (χ2v) is 3.89. The van der Waals surface area contributed by atoms with Gasteiger partial charge in [-0.25, -0.2) is 0 Å². The highest BCUT2D eigenvalue weighted by Gasteiger charge is 2.13. The Morgan fingerprint density at radius 2 is 2.11 bits per heavy atom. The molecule has 0 aliphatic rings. The molecule has 0 bridgehead atoms. The summed E-state index contributed by atoms with van der Waals surface area (Å²) in [5.41, 5.74) is 1.59. The van der Waals surface area contributed by atoms with E-state index in [1.54, 1.807) is 26.3 Å². The van der Waals surface area contributed by atoms with E-state index in [4.69, 9.17) is 9.84 Å². The molecule has 1 N–H and O–H groups in total. The third-order valence-electron chi connectivity index (χ3n) is 2.79. The van der Waals surface area contributed by atoms with Crippen LogP contribution in [0.25, 0.3) is 10.9 Å². The number of pyridine rings is 1. The van der Waals surface area contributed by atoms with E-state index in [0.29, 0.717) is 5.75 Å². The Morgan fingerprint density at radius 3 is 2.72 bits per heavy atom. The number of carbonyl (C=O) groups is 1. The fourth-order valence-corrected chi connectivity index (χ4v) is 1.65. The molecule has 0 radical (unpaired) electrons. The first-order valence-electron chi connectivity index (χ1n) is 5.28. The molecule has 0 saturated carbocycles. The number of halogens is 1. The lowest BCUT2D eigenvalue weighted by molar-refractivity contribution is -0.138. The van der Waals surface area contributed by atoms with Gasteiger partial charge in [0.05, 0.1) is 24.7 Å². The van der Waals surface area contributed by atoms with Gasteiger partial charge in [0.15, 0.2) is 0 Å². The molecular formula is C13H14ClNO3. The molecule has 1 aromatic heterocycles. The van der Waals surface area contributed by atoms with E-state index in [1.807, 2.05) is 18.2 Å². The Labute approximate surface area is 111 Å². The van der Waals surface area contributed by atoms with Gasteiger partial charge in [0.25, 0.3) is 0 Å². The zero-order valence-electron chi connectivity index (χ0n) is 10.1. The summed E-state index contributed by atoms with van der Waals surface area (Å²) in [4.78, 5) is 15.1. The molecule has 2 rings (SSSR count). The number of aromatic nitrogens is 1. The number of ether oxygens (including phenoxy) is 1. The SMILES string of the molecule is COc1cnc2ccc(C(C)C(=O)O)cc2c1.Cl. The molecule has 1 unspecified atom stereocenters. The summed E-state index contributed by atoms with van der Waals surface area (Å²) in [6.07, 6.45) is 1.64. The third-order valence-corrected chi connectivity index (χ3v) is 2.79. The Kier molecular flexibility index (Phi) is 4.50. The standard InChI is InChI=1S/C13H13NO3.ClH/c1-8(13(15)16)9-3-4-12-10(5-9)6-11(17-2)7-14-12;/h3-8H,1-2H3,(H,15,16);1H. The van der Waals surface area contributed by atoms with E-state index in [-0.39, 0.29) is 12.4 Å². The minimum absolute atomic E-state index is 0. The first kappa shape index (κ1) is 14.3. The van der Waals surface area contributed by atoms with Gasteiger partial charge in [-0.15, -0.1) is 12.4 Å². The maximum Gasteiger partial charge on any atom is 0.310 e. The van der Waals surface area contributed by atoms with Gasteiger partial charge in [0, 0.05) is 5.39 Å². The summed E-state index contributed by atoms with van der Waals surface area (Å²) >= 11 is 0. The molecule has 1 heterocycles. The van der Waals surface area contributed by atoms with Crippen molar-refractivity contribution in [3.63, 3.8) is 0 Å². The van der Waals surface area contributed by atoms with Crippen LogP contribution in [0.5, 0.6) is 5.75 Å². The topological polar surface area (TPSA) is 59.4 Å². The second kappa shape index (κ2) is 5.69. The highest BCUT2D eigenvalue weighted by molar-refractivity contribution is 5.85. The number of nitrogens with zero attached hydrogens (tertiary/aromatic N) is 1. The summed E-state index contributed by atoms with van der Waals surface area (Å²) in [5.74, 6) is -0.691. The Balaban J connectivity index is 0.00000162. The smallest absolute Gasteiger partial charge is 0.310 e. The van der Waals surface area contributed by atoms with Crippen LogP contribution in [0.4, 0.5) is 0 Å². The molecule has 0 saturated heterocycles. The van der Waals surface area contributed by atoms with E-state index >= 15 is 0 Å².